The number of hydrogen-bond donors (Lipinski definition) is 0. The molecular weight excluding hydrogens is 408 g/mol. The molecule has 3 saturated heterocycles. The lowest BCUT2D eigenvalue weighted by atomic mass is 9.89. The average Bonchev–Trinajstić information content (AvgIpc) is 3.31. The highest BCUT2D eigenvalue weighted by atomic mass is 16.7. The first-order valence-corrected chi connectivity index (χ1v) is 13.1. The summed E-state index contributed by atoms with van der Waals surface area (Å²) in [4.78, 5) is 12.0. The van der Waals surface area contributed by atoms with Crippen LogP contribution in [-0.2, 0) is 28.5 Å². The third-order valence-corrected chi connectivity index (χ3v) is 7.56. The van der Waals surface area contributed by atoms with Gasteiger partial charge in [0.05, 0.1) is 18.6 Å². The van der Waals surface area contributed by atoms with Crippen LogP contribution in [0.25, 0.3) is 0 Å². The summed E-state index contributed by atoms with van der Waals surface area (Å²) >= 11 is 0. The Hall–Kier alpha value is -0.950. The molecule has 3 aliphatic heterocycles. The summed E-state index contributed by atoms with van der Waals surface area (Å²) < 4.78 is 30.2. The van der Waals surface area contributed by atoms with Crippen molar-refractivity contribution in [3.05, 3.63) is 12.2 Å². The van der Waals surface area contributed by atoms with Crippen molar-refractivity contribution in [2.24, 2.45) is 17.8 Å². The van der Waals surface area contributed by atoms with E-state index < -0.39 is 0 Å². The minimum absolute atomic E-state index is 0.00769. The molecule has 182 valence electrons. The molecule has 4 fully saturated rings. The average molecular weight is 451 g/mol. The van der Waals surface area contributed by atoms with Gasteiger partial charge in [-0.25, -0.2) is 0 Å². The molecule has 3 heterocycles. The maximum Gasteiger partial charge on any atom is 0.306 e. The van der Waals surface area contributed by atoms with Crippen LogP contribution in [0.3, 0.4) is 0 Å². The Bertz CT molecular complexity index is 609. The number of unbranched alkanes of at least 4 members (excludes halogenated alkanes) is 1. The Morgan fingerprint density at radius 1 is 1.09 bits per heavy atom. The zero-order chi connectivity index (χ0) is 22.3. The maximum absolute atomic E-state index is 12.0. The van der Waals surface area contributed by atoms with E-state index in [0.29, 0.717) is 12.3 Å². The van der Waals surface area contributed by atoms with Crippen LogP contribution in [0.15, 0.2) is 12.2 Å². The summed E-state index contributed by atoms with van der Waals surface area (Å²) in [6.45, 7) is 6.06. The van der Waals surface area contributed by atoms with E-state index in [1.165, 1.54) is 12.8 Å². The van der Waals surface area contributed by atoms with Gasteiger partial charge in [0, 0.05) is 31.5 Å². The van der Waals surface area contributed by atoms with E-state index in [0.717, 1.165) is 64.6 Å². The van der Waals surface area contributed by atoms with Gasteiger partial charge in [0.25, 0.3) is 0 Å². The molecule has 3 unspecified atom stereocenters. The van der Waals surface area contributed by atoms with E-state index in [1.54, 1.807) is 0 Å². The van der Waals surface area contributed by atoms with Crippen LogP contribution in [0.1, 0.15) is 84.5 Å². The number of fused-ring (bicyclic) bond motifs is 1. The van der Waals surface area contributed by atoms with Crippen molar-refractivity contribution in [3.8, 4) is 0 Å². The largest absolute Gasteiger partial charge is 0.462 e. The quantitative estimate of drug-likeness (QED) is 0.339. The first-order valence-electron chi connectivity index (χ1n) is 13.1. The lowest BCUT2D eigenvalue weighted by Crippen LogP contribution is -2.32. The summed E-state index contributed by atoms with van der Waals surface area (Å²) in [5.41, 5.74) is 0. The lowest BCUT2D eigenvalue weighted by Gasteiger charge is -2.31. The van der Waals surface area contributed by atoms with Gasteiger partial charge in [-0.3, -0.25) is 4.79 Å². The van der Waals surface area contributed by atoms with E-state index in [-0.39, 0.29) is 48.7 Å². The van der Waals surface area contributed by atoms with Crippen molar-refractivity contribution < 1.29 is 28.5 Å². The molecule has 0 radical (unpaired) electrons. The second-order valence-electron chi connectivity index (χ2n) is 10.1. The van der Waals surface area contributed by atoms with Crippen LogP contribution >= 0.6 is 0 Å². The molecule has 6 heteroatoms. The topological polar surface area (TPSA) is 63.2 Å². The molecule has 6 nitrogen and oxygen atoms in total. The number of hydrogen-bond acceptors (Lipinski definition) is 6. The number of esters is 1. The second-order valence-corrected chi connectivity index (χ2v) is 10.1. The van der Waals surface area contributed by atoms with E-state index >= 15 is 0 Å². The first kappa shape index (κ1) is 24.2. The van der Waals surface area contributed by atoms with Crippen molar-refractivity contribution in [1.82, 2.24) is 0 Å². The van der Waals surface area contributed by atoms with Crippen molar-refractivity contribution in [2.45, 2.75) is 115 Å². The van der Waals surface area contributed by atoms with Crippen LogP contribution in [0.5, 0.6) is 0 Å². The van der Waals surface area contributed by atoms with Crippen LogP contribution in [0, 0.1) is 17.8 Å². The lowest BCUT2D eigenvalue weighted by molar-refractivity contribution is -0.194. The van der Waals surface area contributed by atoms with Gasteiger partial charge in [0.15, 0.2) is 12.6 Å². The van der Waals surface area contributed by atoms with Gasteiger partial charge in [0.2, 0.25) is 0 Å². The molecular formula is C26H42O6. The van der Waals surface area contributed by atoms with Crippen molar-refractivity contribution in [2.75, 3.05) is 13.2 Å². The van der Waals surface area contributed by atoms with Gasteiger partial charge in [0.1, 0.15) is 6.10 Å². The number of ether oxygens (including phenoxy) is 5. The Morgan fingerprint density at radius 2 is 1.84 bits per heavy atom. The van der Waals surface area contributed by atoms with E-state index in [9.17, 15) is 4.79 Å². The molecule has 32 heavy (non-hydrogen) atoms. The van der Waals surface area contributed by atoms with Crippen LogP contribution in [0.4, 0.5) is 0 Å². The highest BCUT2D eigenvalue weighted by Gasteiger charge is 2.50. The van der Waals surface area contributed by atoms with E-state index in [4.69, 9.17) is 23.7 Å². The van der Waals surface area contributed by atoms with E-state index in [2.05, 4.69) is 26.0 Å². The molecule has 1 aliphatic carbocycles. The van der Waals surface area contributed by atoms with Crippen molar-refractivity contribution >= 4 is 5.97 Å². The second kappa shape index (κ2) is 12.0. The molecule has 0 N–H and O–H groups in total. The molecule has 0 amide bonds. The van der Waals surface area contributed by atoms with Crippen LogP contribution in [0.2, 0.25) is 0 Å². The maximum atomic E-state index is 12.0. The number of carbonyl (C=O) groups excluding carboxylic acids is 1. The zero-order valence-corrected chi connectivity index (χ0v) is 19.9. The van der Waals surface area contributed by atoms with Crippen LogP contribution < -0.4 is 0 Å². The van der Waals surface area contributed by atoms with Crippen molar-refractivity contribution in [1.29, 1.82) is 0 Å². The van der Waals surface area contributed by atoms with Crippen LogP contribution in [-0.4, -0.2) is 50.1 Å². The fourth-order valence-corrected chi connectivity index (χ4v) is 5.61. The minimum Gasteiger partial charge on any atom is -0.462 e. The molecule has 8 atom stereocenters. The summed E-state index contributed by atoms with van der Waals surface area (Å²) in [6.07, 6.45) is 15.4. The molecule has 0 aromatic rings. The summed E-state index contributed by atoms with van der Waals surface area (Å²) in [6, 6.07) is 0. The first-order chi connectivity index (χ1) is 15.6. The molecule has 0 bridgehead atoms. The summed E-state index contributed by atoms with van der Waals surface area (Å²) in [5, 5.41) is 0. The predicted octanol–water partition coefficient (Wildman–Crippen LogP) is 5.14. The Balaban J connectivity index is 1.45. The predicted molar refractivity (Wildman–Crippen MR) is 121 cm³/mol. The van der Waals surface area contributed by atoms with Gasteiger partial charge >= 0.3 is 5.97 Å². The molecule has 4 rings (SSSR count). The Morgan fingerprint density at radius 3 is 2.53 bits per heavy atom. The fourth-order valence-electron chi connectivity index (χ4n) is 5.61. The Labute approximate surface area is 193 Å². The van der Waals surface area contributed by atoms with Crippen molar-refractivity contribution in [3.63, 3.8) is 0 Å². The van der Waals surface area contributed by atoms with Gasteiger partial charge < -0.3 is 23.7 Å². The monoisotopic (exact) mass is 450 g/mol. The Kier molecular flexibility index (Phi) is 9.04. The standard InChI is InChI=1S/C26H42O6/c1-3-4-9-18(2)21(31-25-10-5-7-14-28-25)13-12-19-20-16-24(27)30-23(20)17-22(19)32-26-11-6-8-15-29-26/h12-13,18-23,25-26H,3-11,14-17H2,1-2H3/t18?,19-,20-,21-,22-,23+,25?,26?/m0/s1. The minimum atomic E-state index is -0.134. The summed E-state index contributed by atoms with van der Waals surface area (Å²) in [7, 11) is 0. The summed E-state index contributed by atoms with van der Waals surface area (Å²) in [5.74, 6) is 0.667. The third-order valence-electron chi connectivity index (χ3n) is 7.56. The number of carbonyl (C=O) groups is 1. The van der Waals surface area contributed by atoms with Gasteiger partial charge in [-0.05, 0) is 50.9 Å². The zero-order valence-electron chi connectivity index (χ0n) is 19.9. The van der Waals surface area contributed by atoms with Gasteiger partial charge in [-0.15, -0.1) is 0 Å². The highest BCUT2D eigenvalue weighted by molar-refractivity contribution is 5.72. The van der Waals surface area contributed by atoms with E-state index in [1.807, 2.05) is 0 Å². The smallest absolute Gasteiger partial charge is 0.306 e. The van der Waals surface area contributed by atoms with Gasteiger partial charge in [-0.1, -0.05) is 38.8 Å². The normalized spacial score (nSPS) is 37.4. The molecule has 0 aromatic heterocycles. The molecule has 4 aliphatic rings. The third kappa shape index (κ3) is 6.34. The number of rotatable bonds is 10. The fraction of sp³-hybridized carbons (Fsp3) is 0.885. The molecule has 1 saturated carbocycles. The van der Waals surface area contributed by atoms with Gasteiger partial charge in [-0.2, -0.15) is 0 Å². The molecule has 0 aromatic carbocycles. The highest BCUT2D eigenvalue weighted by Crippen LogP contribution is 2.44. The SMILES string of the molecule is CCCCC(C)[C@H](C=C[C@H]1[C@@H]2CC(=O)O[C@@H]2C[C@@H]1OC1CCCCO1)OC1CCCCO1. The molecule has 0 spiro atoms.